The van der Waals surface area contributed by atoms with Gasteiger partial charge >= 0.3 is 0 Å². The standard InChI is InChI=1S/C30H58N2O2/c1-7-31(8-2,9-3)25-17-13-15-19-27-33-29-21-23-30(24-22-29)34-28-20-16-14-18-26-32(10-4,11-5)12-6/h21-24H,7-20,25-28H2,1-6H3/q+2. The molecule has 0 bridgehead atoms. The molecule has 0 N–H and O–H groups in total. The Balaban J connectivity index is 2.09. The van der Waals surface area contributed by atoms with Crippen molar-refractivity contribution in [3.8, 4) is 11.5 Å². The Morgan fingerprint density at radius 1 is 0.441 bits per heavy atom. The van der Waals surface area contributed by atoms with E-state index in [4.69, 9.17) is 9.47 Å². The van der Waals surface area contributed by atoms with E-state index in [0.29, 0.717) is 0 Å². The number of unbranched alkanes of at least 4 members (excludes halogenated alkanes) is 6. The summed E-state index contributed by atoms with van der Waals surface area (Å²) in [7, 11) is 0. The molecule has 1 aromatic carbocycles. The molecule has 0 heterocycles. The number of hydrogen-bond acceptors (Lipinski definition) is 2. The summed E-state index contributed by atoms with van der Waals surface area (Å²) in [6, 6.07) is 8.18. The molecule has 198 valence electrons. The lowest BCUT2D eigenvalue weighted by molar-refractivity contribution is -0.923. The first-order chi connectivity index (χ1) is 16.5. The summed E-state index contributed by atoms with van der Waals surface area (Å²) < 4.78 is 14.4. The summed E-state index contributed by atoms with van der Waals surface area (Å²) in [6.07, 6.45) is 10.1. The molecule has 4 nitrogen and oxygen atoms in total. The third-order valence-corrected chi connectivity index (χ3v) is 8.44. The van der Waals surface area contributed by atoms with Gasteiger partial charge in [0.05, 0.1) is 65.6 Å². The number of nitrogens with zero attached hydrogens (tertiary/aromatic N) is 2. The van der Waals surface area contributed by atoms with Crippen LogP contribution in [0, 0.1) is 0 Å². The van der Waals surface area contributed by atoms with Crippen molar-refractivity contribution in [1.82, 2.24) is 0 Å². The van der Waals surface area contributed by atoms with Crippen LogP contribution in [0.15, 0.2) is 24.3 Å². The lowest BCUT2D eigenvalue weighted by atomic mass is 10.1. The highest BCUT2D eigenvalue weighted by Gasteiger charge is 2.20. The fourth-order valence-electron chi connectivity index (χ4n) is 5.11. The van der Waals surface area contributed by atoms with Crippen molar-refractivity contribution < 1.29 is 18.4 Å². The number of quaternary nitrogens is 2. The quantitative estimate of drug-likeness (QED) is 0.128. The summed E-state index contributed by atoms with van der Waals surface area (Å²) in [4.78, 5) is 0. The third kappa shape index (κ3) is 11.4. The van der Waals surface area contributed by atoms with Crippen molar-refractivity contribution in [3.63, 3.8) is 0 Å². The van der Waals surface area contributed by atoms with Crippen LogP contribution in [-0.4, -0.2) is 74.5 Å². The number of rotatable bonds is 22. The third-order valence-electron chi connectivity index (χ3n) is 8.44. The zero-order chi connectivity index (χ0) is 25.1. The molecule has 0 saturated carbocycles. The van der Waals surface area contributed by atoms with Crippen molar-refractivity contribution in [3.05, 3.63) is 24.3 Å². The van der Waals surface area contributed by atoms with E-state index in [1.807, 2.05) is 24.3 Å². The van der Waals surface area contributed by atoms with Gasteiger partial charge in [0, 0.05) is 0 Å². The van der Waals surface area contributed by atoms with Crippen LogP contribution >= 0.6 is 0 Å². The molecular formula is C30H58N2O2+2. The fraction of sp³-hybridized carbons (Fsp3) is 0.800. The first-order valence-corrected chi connectivity index (χ1v) is 14.6. The summed E-state index contributed by atoms with van der Waals surface area (Å²) >= 11 is 0. The van der Waals surface area contributed by atoms with Gasteiger partial charge in [-0.1, -0.05) is 0 Å². The molecule has 1 rings (SSSR count). The SMILES string of the molecule is CC[N+](CC)(CC)CCCCCCOc1ccc(OCCCCCC[N+](CC)(CC)CC)cc1. The van der Waals surface area contributed by atoms with Gasteiger partial charge in [-0.05, 0) is 117 Å². The molecule has 1 aromatic rings. The smallest absolute Gasteiger partial charge is 0.119 e. The number of ether oxygens (including phenoxy) is 2. The molecule has 0 unspecified atom stereocenters. The van der Waals surface area contributed by atoms with E-state index in [2.05, 4.69) is 41.5 Å². The lowest BCUT2D eigenvalue weighted by Crippen LogP contribution is -2.48. The molecule has 34 heavy (non-hydrogen) atoms. The van der Waals surface area contributed by atoms with Crippen LogP contribution in [0.25, 0.3) is 0 Å². The van der Waals surface area contributed by atoms with Crippen LogP contribution in [0.4, 0.5) is 0 Å². The largest absolute Gasteiger partial charge is 0.494 e. The Labute approximate surface area is 212 Å². The van der Waals surface area contributed by atoms with Crippen molar-refractivity contribution in [2.75, 3.05) is 65.6 Å². The Kier molecular flexibility index (Phi) is 16.4. The first-order valence-electron chi connectivity index (χ1n) is 14.6. The van der Waals surface area contributed by atoms with E-state index in [-0.39, 0.29) is 0 Å². The summed E-state index contributed by atoms with van der Waals surface area (Å²) in [5.74, 6) is 1.91. The molecule has 0 aliphatic carbocycles. The minimum absolute atomic E-state index is 0.809. The van der Waals surface area contributed by atoms with Gasteiger partial charge in [-0.15, -0.1) is 0 Å². The van der Waals surface area contributed by atoms with Crippen molar-refractivity contribution in [1.29, 1.82) is 0 Å². The van der Waals surface area contributed by atoms with Gasteiger partial charge in [0.15, 0.2) is 0 Å². The topological polar surface area (TPSA) is 18.5 Å². The van der Waals surface area contributed by atoms with Crippen LogP contribution in [0.1, 0.15) is 92.9 Å². The van der Waals surface area contributed by atoms with Gasteiger partial charge in [-0.25, -0.2) is 0 Å². The normalized spacial score (nSPS) is 12.2. The maximum Gasteiger partial charge on any atom is 0.119 e. The Morgan fingerprint density at radius 2 is 0.735 bits per heavy atom. The predicted molar refractivity (Wildman–Crippen MR) is 148 cm³/mol. The number of benzene rings is 1. The molecule has 0 fully saturated rings. The van der Waals surface area contributed by atoms with E-state index < -0.39 is 0 Å². The van der Waals surface area contributed by atoms with Crippen LogP contribution < -0.4 is 9.47 Å². The molecular weight excluding hydrogens is 420 g/mol. The summed E-state index contributed by atoms with van der Waals surface area (Å²) in [5.41, 5.74) is 0. The van der Waals surface area contributed by atoms with Crippen LogP contribution in [-0.2, 0) is 0 Å². The van der Waals surface area contributed by atoms with Gasteiger partial charge in [-0.3, -0.25) is 0 Å². The highest BCUT2D eigenvalue weighted by Crippen LogP contribution is 2.19. The molecule has 0 saturated heterocycles. The van der Waals surface area contributed by atoms with Gasteiger partial charge < -0.3 is 18.4 Å². The summed E-state index contributed by atoms with van der Waals surface area (Å²) in [5, 5.41) is 0. The highest BCUT2D eigenvalue weighted by molar-refractivity contribution is 5.31. The minimum atomic E-state index is 0.809. The molecule has 0 amide bonds. The average Bonchev–Trinajstić information content (AvgIpc) is 2.89. The molecule has 0 aliphatic heterocycles. The van der Waals surface area contributed by atoms with Crippen LogP contribution in [0.3, 0.4) is 0 Å². The Hall–Kier alpha value is -1.26. The maximum atomic E-state index is 5.94. The minimum Gasteiger partial charge on any atom is -0.494 e. The zero-order valence-electron chi connectivity index (χ0n) is 23.7. The Morgan fingerprint density at radius 3 is 1.03 bits per heavy atom. The predicted octanol–water partition coefficient (Wildman–Crippen LogP) is 7.32. The fourth-order valence-corrected chi connectivity index (χ4v) is 5.11. The summed E-state index contributed by atoms with van der Waals surface area (Å²) in [6.45, 7) is 25.8. The van der Waals surface area contributed by atoms with E-state index in [9.17, 15) is 0 Å². The second kappa shape index (κ2) is 18.1. The zero-order valence-corrected chi connectivity index (χ0v) is 23.7. The van der Waals surface area contributed by atoms with Crippen molar-refractivity contribution in [2.24, 2.45) is 0 Å². The monoisotopic (exact) mass is 478 g/mol. The second-order valence-corrected chi connectivity index (χ2v) is 10.0. The van der Waals surface area contributed by atoms with Gasteiger partial charge in [0.25, 0.3) is 0 Å². The van der Waals surface area contributed by atoms with Crippen LogP contribution in [0.2, 0.25) is 0 Å². The molecule has 0 aromatic heterocycles. The van der Waals surface area contributed by atoms with Gasteiger partial charge in [0.2, 0.25) is 0 Å². The molecule has 0 atom stereocenters. The van der Waals surface area contributed by atoms with Crippen molar-refractivity contribution >= 4 is 0 Å². The van der Waals surface area contributed by atoms with E-state index in [0.717, 1.165) is 37.6 Å². The number of hydrogen-bond donors (Lipinski definition) is 0. The van der Waals surface area contributed by atoms with E-state index >= 15 is 0 Å². The van der Waals surface area contributed by atoms with Gasteiger partial charge in [0.1, 0.15) is 11.5 Å². The average molecular weight is 479 g/mol. The molecule has 0 radical (unpaired) electrons. The molecule has 4 heteroatoms. The highest BCUT2D eigenvalue weighted by atomic mass is 16.5. The van der Waals surface area contributed by atoms with E-state index in [1.165, 1.54) is 99.8 Å². The van der Waals surface area contributed by atoms with Gasteiger partial charge in [-0.2, -0.15) is 0 Å². The maximum absolute atomic E-state index is 5.94. The first kappa shape index (κ1) is 30.8. The Bertz CT molecular complexity index is 525. The van der Waals surface area contributed by atoms with Crippen LogP contribution in [0.5, 0.6) is 11.5 Å². The molecule has 0 spiro atoms. The van der Waals surface area contributed by atoms with E-state index in [1.54, 1.807) is 0 Å². The van der Waals surface area contributed by atoms with Crippen molar-refractivity contribution in [2.45, 2.75) is 92.9 Å². The molecule has 0 aliphatic rings. The second-order valence-electron chi connectivity index (χ2n) is 10.0. The lowest BCUT2D eigenvalue weighted by Gasteiger charge is -2.35.